The minimum Gasteiger partial charge on any atom is -0.376 e. The van der Waals surface area contributed by atoms with Gasteiger partial charge in [0.1, 0.15) is 0 Å². The molecule has 3 nitrogen and oxygen atoms in total. The Morgan fingerprint density at radius 1 is 1.00 bits per heavy atom. The Balaban J connectivity index is 1.51. The Bertz CT molecular complexity index is 321. The zero-order valence-corrected chi connectivity index (χ0v) is 10.9. The summed E-state index contributed by atoms with van der Waals surface area (Å²) in [5.74, 6) is 0. The van der Waals surface area contributed by atoms with E-state index in [4.69, 9.17) is 15.2 Å². The van der Waals surface area contributed by atoms with Crippen molar-refractivity contribution in [2.45, 2.75) is 44.4 Å². The molecule has 2 N–H and O–H groups in total. The van der Waals surface area contributed by atoms with Crippen LogP contribution in [0.4, 0.5) is 0 Å². The molecule has 1 aliphatic rings. The van der Waals surface area contributed by atoms with E-state index in [2.05, 4.69) is 12.1 Å². The summed E-state index contributed by atoms with van der Waals surface area (Å²) in [4.78, 5) is 0. The molecule has 1 fully saturated rings. The largest absolute Gasteiger partial charge is 0.376 e. The van der Waals surface area contributed by atoms with E-state index >= 15 is 0 Å². The van der Waals surface area contributed by atoms with Gasteiger partial charge in [0.2, 0.25) is 0 Å². The first-order valence-electron chi connectivity index (χ1n) is 6.83. The van der Waals surface area contributed by atoms with Crippen LogP contribution in [-0.2, 0) is 16.1 Å². The molecular weight excluding hydrogens is 226 g/mol. The number of ether oxygens (including phenoxy) is 2. The minimum atomic E-state index is 0.388. The van der Waals surface area contributed by atoms with Gasteiger partial charge in [-0.3, -0.25) is 0 Å². The summed E-state index contributed by atoms with van der Waals surface area (Å²) >= 11 is 0. The fraction of sp³-hybridized carbons (Fsp3) is 0.600. The maximum absolute atomic E-state index is 5.86. The van der Waals surface area contributed by atoms with Gasteiger partial charge in [-0.1, -0.05) is 30.3 Å². The molecule has 2 rings (SSSR count). The molecule has 0 heterocycles. The fourth-order valence-corrected chi connectivity index (χ4v) is 2.29. The highest BCUT2D eigenvalue weighted by Gasteiger charge is 2.18. The van der Waals surface area contributed by atoms with Crippen molar-refractivity contribution in [2.24, 2.45) is 5.73 Å². The van der Waals surface area contributed by atoms with Crippen LogP contribution in [0.5, 0.6) is 0 Å². The molecule has 1 aromatic rings. The van der Waals surface area contributed by atoms with E-state index in [9.17, 15) is 0 Å². The normalized spacial score (nSPS) is 24.1. The zero-order valence-electron chi connectivity index (χ0n) is 10.9. The smallest absolute Gasteiger partial charge is 0.0718 e. The van der Waals surface area contributed by atoms with Gasteiger partial charge >= 0.3 is 0 Å². The van der Waals surface area contributed by atoms with Gasteiger partial charge < -0.3 is 15.2 Å². The van der Waals surface area contributed by atoms with Crippen LogP contribution in [0.25, 0.3) is 0 Å². The summed E-state index contributed by atoms with van der Waals surface area (Å²) in [6.07, 6.45) is 4.77. The van der Waals surface area contributed by atoms with E-state index in [-0.39, 0.29) is 0 Å². The molecule has 18 heavy (non-hydrogen) atoms. The Morgan fingerprint density at radius 3 is 2.44 bits per heavy atom. The molecule has 100 valence electrons. The van der Waals surface area contributed by atoms with Gasteiger partial charge in [-0.2, -0.15) is 0 Å². The number of hydrogen-bond donors (Lipinski definition) is 1. The molecule has 0 spiro atoms. The van der Waals surface area contributed by atoms with Crippen molar-refractivity contribution in [1.29, 1.82) is 0 Å². The molecule has 0 bridgehead atoms. The van der Waals surface area contributed by atoms with Crippen molar-refractivity contribution in [3.63, 3.8) is 0 Å². The summed E-state index contributed by atoms with van der Waals surface area (Å²) < 4.78 is 11.4. The first-order valence-corrected chi connectivity index (χ1v) is 6.83. The van der Waals surface area contributed by atoms with Crippen LogP contribution in [0.2, 0.25) is 0 Å². The molecule has 0 atom stereocenters. The second-order valence-electron chi connectivity index (χ2n) is 4.95. The lowest BCUT2D eigenvalue weighted by Crippen LogP contribution is -2.30. The number of nitrogens with two attached hydrogens (primary N) is 1. The average Bonchev–Trinajstić information content (AvgIpc) is 2.42. The fourth-order valence-electron chi connectivity index (χ4n) is 2.29. The summed E-state index contributed by atoms with van der Waals surface area (Å²) in [5.41, 5.74) is 7.07. The van der Waals surface area contributed by atoms with Crippen molar-refractivity contribution in [3.8, 4) is 0 Å². The highest BCUT2D eigenvalue weighted by atomic mass is 16.5. The molecule has 1 aromatic carbocycles. The van der Waals surface area contributed by atoms with Crippen LogP contribution in [0.15, 0.2) is 30.3 Å². The van der Waals surface area contributed by atoms with Crippen LogP contribution < -0.4 is 5.73 Å². The molecule has 3 heteroatoms. The molecule has 0 amide bonds. The van der Waals surface area contributed by atoms with Crippen LogP contribution in [-0.4, -0.2) is 25.4 Å². The van der Waals surface area contributed by atoms with Crippen LogP contribution in [0.3, 0.4) is 0 Å². The van der Waals surface area contributed by atoms with Crippen LogP contribution >= 0.6 is 0 Å². The first kappa shape index (κ1) is 13.5. The molecular formula is C15H23NO2. The minimum absolute atomic E-state index is 0.388. The summed E-state index contributed by atoms with van der Waals surface area (Å²) in [6, 6.07) is 10.6. The first-order chi connectivity index (χ1) is 8.84. The van der Waals surface area contributed by atoms with Crippen LogP contribution in [0, 0.1) is 0 Å². The topological polar surface area (TPSA) is 44.5 Å². The van der Waals surface area contributed by atoms with Gasteiger partial charge in [-0.25, -0.2) is 0 Å². The average molecular weight is 249 g/mol. The van der Waals surface area contributed by atoms with Crippen molar-refractivity contribution < 1.29 is 9.47 Å². The van der Waals surface area contributed by atoms with Gasteiger partial charge in [-0.15, -0.1) is 0 Å². The SMILES string of the molecule is N[C@H]1CC[C@H](OCCOCc2ccccc2)CC1. The van der Waals surface area contributed by atoms with Gasteiger partial charge in [0.05, 0.1) is 25.9 Å². The quantitative estimate of drug-likeness (QED) is 0.788. The molecule has 0 aromatic heterocycles. The molecule has 0 saturated heterocycles. The Labute approximate surface area is 109 Å². The highest BCUT2D eigenvalue weighted by Crippen LogP contribution is 2.19. The molecule has 0 aliphatic heterocycles. The maximum atomic E-state index is 5.86. The summed E-state index contributed by atoms with van der Waals surface area (Å²) in [5, 5.41) is 0. The Kier molecular flexibility index (Phi) is 5.65. The number of benzene rings is 1. The lowest BCUT2D eigenvalue weighted by atomic mass is 9.94. The molecule has 0 radical (unpaired) electrons. The van der Waals surface area contributed by atoms with Gasteiger partial charge in [0.25, 0.3) is 0 Å². The zero-order chi connectivity index (χ0) is 12.6. The van der Waals surface area contributed by atoms with Crippen molar-refractivity contribution in [2.75, 3.05) is 13.2 Å². The van der Waals surface area contributed by atoms with E-state index in [0.717, 1.165) is 25.7 Å². The Hall–Kier alpha value is -0.900. The third-order valence-corrected chi connectivity index (χ3v) is 3.41. The number of hydrogen-bond acceptors (Lipinski definition) is 3. The Morgan fingerprint density at radius 2 is 1.72 bits per heavy atom. The van der Waals surface area contributed by atoms with Crippen molar-refractivity contribution >= 4 is 0 Å². The van der Waals surface area contributed by atoms with Crippen LogP contribution in [0.1, 0.15) is 31.2 Å². The maximum Gasteiger partial charge on any atom is 0.0718 e. The third-order valence-electron chi connectivity index (χ3n) is 3.41. The summed E-state index contributed by atoms with van der Waals surface area (Å²) in [7, 11) is 0. The van der Waals surface area contributed by atoms with E-state index in [1.807, 2.05) is 18.2 Å². The second kappa shape index (κ2) is 7.52. The van der Waals surface area contributed by atoms with Gasteiger partial charge in [0, 0.05) is 6.04 Å². The van der Waals surface area contributed by atoms with Crippen molar-refractivity contribution in [1.82, 2.24) is 0 Å². The van der Waals surface area contributed by atoms with E-state index in [1.165, 1.54) is 5.56 Å². The third kappa shape index (κ3) is 4.77. The van der Waals surface area contributed by atoms with E-state index < -0.39 is 0 Å². The van der Waals surface area contributed by atoms with E-state index in [0.29, 0.717) is 32.0 Å². The lowest BCUT2D eigenvalue weighted by Gasteiger charge is -2.26. The predicted octanol–water partition coefficient (Wildman–Crippen LogP) is 2.49. The molecule has 0 unspecified atom stereocenters. The standard InChI is InChI=1S/C15H23NO2/c16-14-6-8-15(9-7-14)18-11-10-17-12-13-4-2-1-3-5-13/h1-5,14-15H,6-12,16H2/t14-,15-. The molecule has 1 aliphatic carbocycles. The lowest BCUT2D eigenvalue weighted by molar-refractivity contribution is -0.0155. The summed E-state index contributed by atoms with van der Waals surface area (Å²) in [6.45, 7) is 2.02. The second-order valence-corrected chi connectivity index (χ2v) is 4.95. The predicted molar refractivity (Wildman–Crippen MR) is 72.3 cm³/mol. The van der Waals surface area contributed by atoms with E-state index in [1.54, 1.807) is 0 Å². The monoisotopic (exact) mass is 249 g/mol. The van der Waals surface area contributed by atoms with Gasteiger partial charge in [0.15, 0.2) is 0 Å². The molecule has 1 saturated carbocycles. The van der Waals surface area contributed by atoms with Crippen molar-refractivity contribution in [3.05, 3.63) is 35.9 Å². The van der Waals surface area contributed by atoms with Gasteiger partial charge in [-0.05, 0) is 31.2 Å². The highest BCUT2D eigenvalue weighted by molar-refractivity contribution is 5.13. The number of rotatable bonds is 6.